The average Bonchev–Trinajstić information content (AvgIpc) is 2.16. The van der Waals surface area contributed by atoms with Crippen molar-refractivity contribution < 1.29 is 4.74 Å². The Labute approximate surface area is 98.8 Å². The van der Waals surface area contributed by atoms with E-state index in [1.54, 1.807) is 7.11 Å². The predicted molar refractivity (Wildman–Crippen MR) is 68.4 cm³/mol. The molecule has 0 saturated carbocycles. The summed E-state index contributed by atoms with van der Waals surface area (Å²) in [4.78, 5) is 0. The fourth-order valence-electron chi connectivity index (χ4n) is 1.83. The zero-order valence-electron chi connectivity index (χ0n) is 11.0. The van der Waals surface area contributed by atoms with E-state index in [1.165, 1.54) is 11.1 Å². The standard InChI is InChI=1S/C14H23NO/c1-13(2,16-5)10-11-8-6-7-9-12(11)14(3,4)15/h6-9H,10,15H2,1-5H3. The van der Waals surface area contributed by atoms with Crippen LogP contribution in [-0.4, -0.2) is 12.7 Å². The van der Waals surface area contributed by atoms with Gasteiger partial charge in [-0.25, -0.2) is 0 Å². The first-order valence-electron chi connectivity index (χ1n) is 5.69. The third kappa shape index (κ3) is 3.32. The van der Waals surface area contributed by atoms with Crippen molar-refractivity contribution in [1.82, 2.24) is 0 Å². The maximum Gasteiger partial charge on any atom is 0.0663 e. The molecule has 0 bridgehead atoms. The maximum absolute atomic E-state index is 6.18. The lowest BCUT2D eigenvalue weighted by Gasteiger charge is -2.28. The van der Waals surface area contributed by atoms with E-state index >= 15 is 0 Å². The quantitative estimate of drug-likeness (QED) is 0.848. The third-order valence-corrected chi connectivity index (χ3v) is 2.88. The lowest BCUT2D eigenvalue weighted by atomic mass is 9.86. The van der Waals surface area contributed by atoms with Gasteiger partial charge in [0.2, 0.25) is 0 Å². The van der Waals surface area contributed by atoms with Crippen LogP contribution in [0.2, 0.25) is 0 Å². The Balaban J connectivity index is 3.06. The van der Waals surface area contributed by atoms with Crippen molar-refractivity contribution in [1.29, 1.82) is 0 Å². The normalized spacial score (nSPS) is 12.9. The molecule has 2 N–H and O–H groups in total. The second-order valence-electron chi connectivity index (χ2n) is 5.52. The number of nitrogens with two attached hydrogens (primary N) is 1. The van der Waals surface area contributed by atoms with E-state index in [1.807, 2.05) is 19.9 Å². The summed E-state index contributed by atoms with van der Waals surface area (Å²) in [7, 11) is 1.75. The van der Waals surface area contributed by atoms with Gasteiger partial charge >= 0.3 is 0 Å². The molecule has 90 valence electrons. The monoisotopic (exact) mass is 221 g/mol. The van der Waals surface area contributed by atoms with Gasteiger partial charge in [-0.3, -0.25) is 0 Å². The number of methoxy groups -OCH3 is 1. The molecule has 1 aromatic carbocycles. The van der Waals surface area contributed by atoms with Crippen LogP contribution in [0.25, 0.3) is 0 Å². The molecule has 1 aromatic rings. The van der Waals surface area contributed by atoms with Crippen LogP contribution in [-0.2, 0) is 16.7 Å². The van der Waals surface area contributed by atoms with E-state index in [-0.39, 0.29) is 11.1 Å². The number of hydrogen-bond donors (Lipinski definition) is 1. The van der Waals surface area contributed by atoms with Crippen molar-refractivity contribution in [2.75, 3.05) is 7.11 Å². The molecule has 0 spiro atoms. The molecule has 0 saturated heterocycles. The van der Waals surface area contributed by atoms with Gasteiger partial charge in [0.15, 0.2) is 0 Å². The Morgan fingerprint density at radius 1 is 1.12 bits per heavy atom. The van der Waals surface area contributed by atoms with Crippen LogP contribution in [0.4, 0.5) is 0 Å². The Bertz CT molecular complexity index is 350. The van der Waals surface area contributed by atoms with Crippen molar-refractivity contribution in [3.8, 4) is 0 Å². The van der Waals surface area contributed by atoms with Crippen LogP contribution in [0.1, 0.15) is 38.8 Å². The van der Waals surface area contributed by atoms with E-state index < -0.39 is 0 Å². The summed E-state index contributed by atoms with van der Waals surface area (Å²) in [5.74, 6) is 0. The Morgan fingerprint density at radius 3 is 2.19 bits per heavy atom. The minimum atomic E-state index is -0.305. The first-order valence-corrected chi connectivity index (χ1v) is 5.69. The SMILES string of the molecule is COC(C)(C)Cc1ccccc1C(C)(C)N. The first-order chi connectivity index (χ1) is 7.26. The summed E-state index contributed by atoms with van der Waals surface area (Å²) in [5, 5.41) is 0. The Hall–Kier alpha value is -0.860. The van der Waals surface area contributed by atoms with Crippen LogP contribution >= 0.6 is 0 Å². The van der Waals surface area contributed by atoms with Gasteiger partial charge in [-0.15, -0.1) is 0 Å². The van der Waals surface area contributed by atoms with Gasteiger partial charge in [0, 0.05) is 19.1 Å². The molecular formula is C14H23NO. The molecule has 0 aliphatic carbocycles. The second kappa shape index (κ2) is 4.56. The van der Waals surface area contributed by atoms with Crippen LogP contribution in [0.5, 0.6) is 0 Å². The van der Waals surface area contributed by atoms with Crippen LogP contribution in [0, 0.1) is 0 Å². The first kappa shape index (κ1) is 13.2. The van der Waals surface area contributed by atoms with E-state index in [9.17, 15) is 0 Å². The summed E-state index contributed by atoms with van der Waals surface area (Å²) in [6, 6.07) is 8.31. The molecule has 0 unspecified atom stereocenters. The van der Waals surface area contributed by atoms with Crippen LogP contribution < -0.4 is 5.73 Å². The topological polar surface area (TPSA) is 35.2 Å². The molecular weight excluding hydrogens is 198 g/mol. The smallest absolute Gasteiger partial charge is 0.0663 e. The van der Waals surface area contributed by atoms with E-state index in [4.69, 9.17) is 10.5 Å². The van der Waals surface area contributed by atoms with Gasteiger partial charge in [-0.1, -0.05) is 24.3 Å². The van der Waals surface area contributed by atoms with E-state index in [2.05, 4.69) is 32.0 Å². The zero-order chi connectivity index (χ0) is 12.4. The molecule has 0 radical (unpaired) electrons. The minimum Gasteiger partial charge on any atom is -0.378 e. The van der Waals surface area contributed by atoms with Gasteiger partial charge in [-0.2, -0.15) is 0 Å². The van der Waals surface area contributed by atoms with Gasteiger partial charge in [0.05, 0.1) is 5.60 Å². The number of rotatable bonds is 4. The molecule has 16 heavy (non-hydrogen) atoms. The molecule has 1 rings (SSSR count). The summed E-state index contributed by atoms with van der Waals surface area (Å²) in [5.41, 5.74) is 8.18. The average molecular weight is 221 g/mol. The largest absolute Gasteiger partial charge is 0.378 e. The lowest BCUT2D eigenvalue weighted by molar-refractivity contribution is 0.0229. The molecule has 0 fully saturated rings. The zero-order valence-corrected chi connectivity index (χ0v) is 11.0. The number of ether oxygens (including phenoxy) is 1. The van der Waals surface area contributed by atoms with Gasteiger partial charge in [0.25, 0.3) is 0 Å². The number of hydrogen-bond acceptors (Lipinski definition) is 2. The van der Waals surface area contributed by atoms with Crippen LogP contribution in [0.15, 0.2) is 24.3 Å². The van der Waals surface area contributed by atoms with Gasteiger partial charge < -0.3 is 10.5 Å². The highest BCUT2D eigenvalue weighted by atomic mass is 16.5. The van der Waals surface area contributed by atoms with Gasteiger partial charge in [0.1, 0.15) is 0 Å². The molecule has 2 heteroatoms. The minimum absolute atomic E-state index is 0.151. The summed E-state index contributed by atoms with van der Waals surface area (Å²) >= 11 is 0. The fraction of sp³-hybridized carbons (Fsp3) is 0.571. The fourth-order valence-corrected chi connectivity index (χ4v) is 1.83. The molecule has 0 aromatic heterocycles. The highest BCUT2D eigenvalue weighted by Gasteiger charge is 2.23. The highest BCUT2D eigenvalue weighted by molar-refractivity contribution is 5.33. The maximum atomic E-state index is 6.18. The van der Waals surface area contributed by atoms with E-state index in [0.29, 0.717) is 0 Å². The molecule has 0 amide bonds. The molecule has 0 aliphatic heterocycles. The van der Waals surface area contributed by atoms with Crippen molar-refractivity contribution in [2.45, 2.75) is 45.3 Å². The summed E-state index contributed by atoms with van der Waals surface area (Å²) in [6.45, 7) is 8.25. The van der Waals surface area contributed by atoms with Crippen molar-refractivity contribution in [2.24, 2.45) is 5.73 Å². The number of benzene rings is 1. The summed E-state index contributed by atoms with van der Waals surface area (Å²) in [6.07, 6.45) is 0.875. The molecule has 0 heterocycles. The Kier molecular flexibility index (Phi) is 3.76. The lowest BCUT2D eigenvalue weighted by Crippen LogP contribution is -2.32. The molecule has 0 atom stereocenters. The van der Waals surface area contributed by atoms with Gasteiger partial charge in [-0.05, 0) is 38.8 Å². The highest BCUT2D eigenvalue weighted by Crippen LogP contribution is 2.25. The van der Waals surface area contributed by atoms with Crippen molar-refractivity contribution >= 4 is 0 Å². The van der Waals surface area contributed by atoms with Crippen LogP contribution in [0.3, 0.4) is 0 Å². The second-order valence-corrected chi connectivity index (χ2v) is 5.52. The van der Waals surface area contributed by atoms with Crippen molar-refractivity contribution in [3.05, 3.63) is 35.4 Å². The molecule has 0 aliphatic rings. The van der Waals surface area contributed by atoms with E-state index in [0.717, 1.165) is 6.42 Å². The third-order valence-electron chi connectivity index (χ3n) is 2.88. The summed E-state index contributed by atoms with van der Waals surface area (Å²) < 4.78 is 5.47. The predicted octanol–water partition coefficient (Wildman–Crippen LogP) is 2.85. The Morgan fingerprint density at radius 2 is 1.69 bits per heavy atom. The molecule has 2 nitrogen and oxygen atoms in total. The van der Waals surface area contributed by atoms with Crippen molar-refractivity contribution in [3.63, 3.8) is 0 Å².